The summed E-state index contributed by atoms with van der Waals surface area (Å²) in [6.07, 6.45) is 0.689. The molecule has 0 aliphatic heterocycles. The Bertz CT molecular complexity index is 663. The van der Waals surface area contributed by atoms with Crippen molar-refractivity contribution >= 4 is 11.1 Å². The molecule has 0 saturated carbocycles. The molecule has 0 saturated heterocycles. The van der Waals surface area contributed by atoms with Crippen molar-refractivity contribution in [2.24, 2.45) is 18.7 Å². The molecule has 1 heterocycles. The molecule has 0 aliphatic carbocycles. The van der Waals surface area contributed by atoms with Gasteiger partial charge < -0.3 is 10.2 Å². The fourth-order valence-corrected chi connectivity index (χ4v) is 2.02. The molecule has 5 nitrogen and oxygen atoms in total. The number of oxazole rings is 1. The number of hydrogen-bond acceptors (Lipinski definition) is 4. The van der Waals surface area contributed by atoms with Gasteiger partial charge in [0.05, 0.1) is 17.5 Å². The van der Waals surface area contributed by atoms with E-state index >= 15 is 0 Å². The van der Waals surface area contributed by atoms with Crippen LogP contribution >= 0.6 is 0 Å². The maximum absolute atomic E-state index is 11.4. The minimum absolute atomic E-state index is 0.238. The van der Waals surface area contributed by atoms with Crippen LogP contribution in [0.15, 0.2) is 27.4 Å². The average molecular weight is 245 g/mol. The lowest BCUT2D eigenvalue weighted by Gasteiger charge is -2.16. The van der Waals surface area contributed by atoms with Crippen LogP contribution in [-0.4, -0.2) is 4.57 Å². The van der Waals surface area contributed by atoms with Crippen molar-refractivity contribution in [3.8, 4) is 6.07 Å². The number of nitrogens with two attached hydrogens (primary N) is 1. The van der Waals surface area contributed by atoms with Gasteiger partial charge in [-0.25, -0.2) is 4.79 Å². The van der Waals surface area contributed by atoms with Crippen LogP contribution in [0.25, 0.3) is 11.1 Å². The van der Waals surface area contributed by atoms with Gasteiger partial charge in [0.25, 0.3) is 0 Å². The number of nitrogens with zero attached hydrogens (tertiary/aromatic N) is 2. The molecule has 0 bridgehead atoms. The second-order valence-corrected chi connectivity index (χ2v) is 4.32. The standard InChI is InChI=1S/C13H15N3O2/c1-3-8(7-14)12(15)9-4-5-10-11(6-9)18-13(17)16(10)2/h4-6,8,12H,3,15H2,1-2H3. The molecule has 1 aromatic heterocycles. The molecule has 5 heteroatoms. The maximum atomic E-state index is 11.4. The molecule has 2 rings (SSSR count). The van der Waals surface area contributed by atoms with Crippen LogP contribution < -0.4 is 11.5 Å². The number of aryl methyl sites for hydroxylation is 1. The van der Waals surface area contributed by atoms with Crippen LogP contribution in [0.3, 0.4) is 0 Å². The molecule has 2 atom stereocenters. The number of hydrogen-bond donors (Lipinski definition) is 1. The zero-order valence-electron chi connectivity index (χ0n) is 10.4. The van der Waals surface area contributed by atoms with Crippen molar-refractivity contribution in [3.63, 3.8) is 0 Å². The summed E-state index contributed by atoms with van der Waals surface area (Å²) in [7, 11) is 1.65. The van der Waals surface area contributed by atoms with Crippen LogP contribution in [0.1, 0.15) is 24.9 Å². The van der Waals surface area contributed by atoms with Crippen molar-refractivity contribution in [3.05, 3.63) is 34.3 Å². The van der Waals surface area contributed by atoms with Crippen LogP contribution in [-0.2, 0) is 7.05 Å². The lowest BCUT2D eigenvalue weighted by atomic mass is 9.93. The van der Waals surface area contributed by atoms with Crippen LogP contribution in [0.5, 0.6) is 0 Å². The molecule has 0 amide bonds. The third kappa shape index (κ3) is 1.91. The third-order valence-electron chi connectivity index (χ3n) is 3.24. The number of benzene rings is 1. The first-order valence-corrected chi connectivity index (χ1v) is 5.83. The Morgan fingerprint density at radius 2 is 2.28 bits per heavy atom. The van der Waals surface area contributed by atoms with Gasteiger partial charge >= 0.3 is 5.76 Å². The van der Waals surface area contributed by atoms with Crippen molar-refractivity contribution in [2.75, 3.05) is 0 Å². The van der Waals surface area contributed by atoms with Crippen molar-refractivity contribution < 1.29 is 4.42 Å². The fraction of sp³-hybridized carbons (Fsp3) is 0.385. The molecule has 0 radical (unpaired) electrons. The van der Waals surface area contributed by atoms with Gasteiger partial charge in [-0.2, -0.15) is 5.26 Å². The summed E-state index contributed by atoms with van der Waals surface area (Å²) in [4.78, 5) is 11.4. The largest absolute Gasteiger partial charge is 0.419 e. The Hall–Kier alpha value is -2.06. The molecule has 2 aromatic rings. The number of nitriles is 1. The van der Waals surface area contributed by atoms with Crippen molar-refractivity contribution in [2.45, 2.75) is 19.4 Å². The van der Waals surface area contributed by atoms with Gasteiger partial charge in [-0.1, -0.05) is 13.0 Å². The van der Waals surface area contributed by atoms with Gasteiger partial charge in [0.1, 0.15) is 0 Å². The normalized spacial score (nSPS) is 14.3. The topological polar surface area (TPSA) is 85.0 Å². The lowest BCUT2D eigenvalue weighted by Crippen LogP contribution is -2.19. The Kier molecular flexibility index (Phi) is 3.21. The Balaban J connectivity index is 2.48. The molecular weight excluding hydrogens is 230 g/mol. The van der Waals surface area contributed by atoms with E-state index in [-0.39, 0.29) is 12.0 Å². The van der Waals surface area contributed by atoms with E-state index in [1.807, 2.05) is 13.0 Å². The van der Waals surface area contributed by atoms with E-state index < -0.39 is 5.76 Å². The molecule has 0 spiro atoms. The average Bonchev–Trinajstić information content (AvgIpc) is 2.66. The molecule has 0 fully saturated rings. The maximum Gasteiger partial charge on any atom is 0.419 e. The minimum Gasteiger partial charge on any atom is -0.408 e. The highest BCUT2D eigenvalue weighted by Gasteiger charge is 2.18. The predicted molar refractivity (Wildman–Crippen MR) is 67.8 cm³/mol. The van der Waals surface area contributed by atoms with E-state index in [9.17, 15) is 4.79 Å². The quantitative estimate of drug-likeness (QED) is 0.891. The van der Waals surface area contributed by atoms with Gasteiger partial charge in [-0.05, 0) is 24.1 Å². The molecule has 1 aromatic carbocycles. The van der Waals surface area contributed by atoms with Crippen LogP contribution in [0, 0.1) is 17.2 Å². The summed E-state index contributed by atoms with van der Waals surface area (Å²) in [6, 6.07) is 7.19. The first kappa shape index (κ1) is 12.4. The third-order valence-corrected chi connectivity index (χ3v) is 3.24. The van der Waals surface area contributed by atoms with Gasteiger partial charge in [-0.3, -0.25) is 4.57 Å². The molecule has 0 aliphatic rings. The fourth-order valence-electron chi connectivity index (χ4n) is 2.02. The highest BCUT2D eigenvalue weighted by atomic mass is 16.4. The lowest BCUT2D eigenvalue weighted by molar-refractivity contribution is 0.513. The number of fused-ring (bicyclic) bond motifs is 1. The van der Waals surface area contributed by atoms with Crippen LogP contribution in [0.4, 0.5) is 0 Å². The smallest absolute Gasteiger partial charge is 0.408 e. The molecule has 94 valence electrons. The zero-order valence-corrected chi connectivity index (χ0v) is 10.4. The Morgan fingerprint density at radius 3 is 2.89 bits per heavy atom. The predicted octanol–water partition coefficient (Wildman–Crippen LogP) is 1.68. The van der Waals surface area contributed by atoms with E-state index in [1.165, 1.54) is 4.57 Å². The minimum atomic E-state index is -0.400. The number of rotatable bonds is 3. The van der Waals surface area contributed by atoms with Crippen molar-refractivity contribution in [1.82, 2.24) is 4.57 Å². The molecule has 18 heavy (non-hydrogen) atoms. The molecule has 2 N–H and O–H groups in total. The van der Waals surface area contributed by atoms with E-state index in [1.54, 1.807) is 19.2 Å². The summed E-state index contributed by atoms with van der Waals surface area (Å²) in [5.41, 5.74) is 8.08. The van der Waals surface area contributed by atoms with E-state index in [0.717, 1.165) is 11.1 Å². The van der Waals surface area contributed by atoms with Gasteiger partial charge in [-0.15, -0.1) is 0 Å². The first-order valence-electron chi connectivity index (χ1n) is 5.83. The van der Waals surface area contributed by atoms with E-state index in [2.05, 4.69) is 6.07 Å². The zero-order chi connectivity index (χ0) is 13.3. The van der Waals surface area contributed by atoms with Crippen molar-refractivity contribution in [1.29, 1.82) is 5.26 Å². The van der Waals surface area contributed by atoms with Gasteiger partial charge in [0.15, 0.2) is 5.58 Å². The second-order valence-electron chi connectivity index (χ2n) is 4.32. The summed E-state index contributed by atoms with van der Waals surface area (Å²) in [5, 5.41) is 9.01. The Morgan fingerprint density at radius 1 is 1.56 bits per heavy atom. The van der Waals surface area contributed by atoms with E-state index in [4.69, 9.17) is 15.4 Å². The highest BCUT2D eigenvalue weighted by Crippen LogP contribution is 2.24. The Labute approximate surface area is 104 Å². The number of aromatic nitrogens is 1. The van der Waals surface area contributed by atoms with Gasteiger partial charge in [0.2, 0.25) is 0 Å². The summed E-state index contributed by atoms with van der Waals surface area (Å²) < 4.78 is 6.54. The monoisotopic (exact) mass is 245 g/mol. The first-order chi connectivity index (χ1) is 8.58. The van der Waals surface area contributed by atoms with Crippen LogP contribution in [0.2, 0.25) is 0 Å². The highest BCUT2D eigenvalue weighted by molar-refractivity contribution is 5.73. The second kappa shape index (κ2) is 4.67. The molecular formula is C13H15N3O2. The van der Waals surface area contributed by atoms with E-state index in [0.29, 0.717) is 12.0 Å². The summed E-state index contributed by atoms with van der Waals surface area (Å²) in [5.74, 6) is -0.638. The summed E-state index contributed by atoms with van der Waals surface area (Å²) >= 11 is 0. The molecule has 2 unspecified atom stereocenters. The summed E-state index contributed by atoms with van der Waals surface area (Å²) in [6.45, 7) is 1.93. The SMILES string of the molecule is CCC(C#N)C(N)c1ccc2c(c1)oc(=O)n2C. The van der Waals surface area contributed by atoms with Gasteiger partial charge in [0, 0.05) is 13.1 Å².